The number of thiocarbonyl (C=S) groups is 1. The molecule has 6 nitrogen and oxygen atoms in total. The molecule has 118 valence electrons. The lowest BCUT2D eigenvalue weighted by Gasteiger charge is -2.32. The molecule has 1 aliphatic rings. The smallest absolute Gasteiger partial charge is 0.317 e. The van der Waals surface area contributed by atoms with Crippen LogP contribution < -0.4 is 5.32 Å². The zero-order valence-electron chi connectivity index (χ0n) is 12.2. The Morgan fingerprint density at radius 1 is 1.50 bits per heavy atom. The van der Waals surface area contributed by atoms with E-state index in [0.29, 0.717) is 11.3 Å². The molecule has 2 unspecified atom stereocenters. The Labute approximate surface area is 133 Å². The molecule has 2 rings (SSSR count). The Hall–Kier alpha value is -1.99. The quantitative estimate of drug-likeness (QED) is 0.559. The monoisotopic (exact) mass is 322 g/mol. The minimum absolute atomic E-state index is 0.0963. The van der Waals surface area contributed by atoms with Gasteiger partial charge in [-0.25, -0.2) is 4.99 Å². The van der Waals surface area contributed by atoms with Gasteiger partial charge in [0.1, 0.15) is 11.7 Å². The highest BCUT2D eigenvalue weighted by molar-refractivity contribution is 7.80. The van der Waals surface area contributed by atoms with Crippen LogP contribution in [0.4, 0.5) is 0 Å². The molecule has 2 atom stereocenters. The summed E-state index contributed by atoms with van der Waals surface area (Å²) in [5, 5.41) is 22.1. The summed E-state index contributed by atoms with van der Waals surface area (Å²) in [7, 11) is 0. The van der Waals surface area contributed by atoms with Gasteiger partial charge in [-0.2, -0.15) is 0 Å². The third-order valence-corrected chi connectivity index (χ3v) is 3.56. The zero-order valence-corrected chi connectivity index (χ0v) is 13.0. The van der Waals surface area contributed by atoms with E-state index in [9.17, 15) is 15.0 Å². The van der Waals surface area contributed by atoms with Crippen LogP contribution in [-0.4, -0.2) is 40.2 Å². The number of nitrogens with zero attached hydrogens (tertiary/aromatic N) is 1. The van der Waals surface area contributed by atoms with Crippen LogP contribution in [0.2, 0.25) is 0 Å². The van der Waals surface area contributed by atoms with Crippen molar-refractivity contribution in [1.82, 2.24) is 5.32 Å². The minimum Gasteiger partial charge on any atom is -0.508 e. The molecular weight excluding hydrogens is 304 g/mol. The number of benzene rings is 1. The standard InChI is InChI=1S/C15H18N2O4S/c1-2-21-14(20)12-11(6-7-18)16-15(22)17-13(12)9-4-3-5-10(19)8-9/h3-5,8,12-13,18-19H,2,6-7H2,1H3,(H,17,22). The van der Waals surface area contributed by atoms with Crippen molar-refractivity contribution in [3.8, 4) is 5.75 Å². The number of phenolic OH excluding ortho intramolecular Hbond substituents is 1. The first-order valence-corrected chi connectivity index (χ1v) is 7.42. The van der Waals surface area contributed by atoms with E-state index < -0.39 is 17.9 Å². The van der Waals surface area contributed by atoms with Gasteiger partial charge in [-0.3, -0.25) is 4.79 Å². The molecule has 3 N–H and O–H groups in total. The summed E-state index contributed by atoms with van der Waals surface area (Å²) in [5.41, 5.74) is 1.18. The lowest BCUT2D eigenvalue weighted by molar-refractivity contribution is -0.146. The van der Waals surface area contributed by atoms with Crippen LogP contribution in [0.5, 0.6) is 5.75 Å². The predicted molar refractivity (Wildman–Crippen MR) is 85.8 cm³/mol. The average molecular weight is 322 g/mol. The number of hydrogen-bond donors (Lipinski definition) is 3. The number of aliphatic hydroxyl groups is 1. The predicted octanol–water partition coefficient (Wildman–Crippen LogP) is 1.32. The number of aliphatic hydroxyl groups excluding tert-OH is 1. The van der Waals surface area contributed by atoms with Crippen molar-refractivity contribution in [3.05, 3.63) is 29.8 Å². The maximum Gasteiger partial charge on any atom is 0.317 e. The number of aromatic hydroxyl groups is 1. The third-order valence-electron chi connectivity index (χ3n) is 3.35. The highest BCUT2D eigenvalue weighted by Gasteiger charge is 2.38. The molecular formula is C15H18N2O4S. The van der Waals surface area contributed by atoms with Crippen molar-refractivity contribution in [2.24, 2.45) is 10.9 Å². The van der Waals surface area contributed by atoms with Crippen LogP contribution in [0.25, 0.3) is 0 Å². The molecule has 7 heteroatoms. The van der Waals surface area contributed by atoms with Crippen LogP contribution in [0, 0.1) is 5.92 Å². The van der Waals surface area contributed by atoms with Gasteiger partial charge in [-0.1, -0.05) is 12.1 Å². The topological polar surface area (TPSA) is 91.2 Å². The molecule has 1 aromatic carbocycles. The van der Waals surface area contributed by atoms with Gasteiger partial charge in [0.15, 0.2) is 5.11 Å². The lowest BCUT2D eigenvalue weighted by Crippen LogP contribution is -2.45. The molecule has 0 fully saturated rings. The van der Waals surface area contributed by atoms with E-state index in [2.05, 4.69) is 10.3 Å². The Balaban J connectivity index is 2.42. The number of nitrogens with one attached hydrogen (secondary N) is 1. The molecule has 0 amide bonds. The summed E-state index contributed by atoms with van der Waals surface area (Å²) in [6, 6.07) is 6.10. The van der Waals surface area contributed by atoms with E-state index >= 15 is 0 Å². The van der Waals surface area contributed by atoms with Gasteiger partial charge >= 0.3 is 5.97 Å². The fourth-order valence-corrected chi connectivity index (χ4v) is 2.71. The fourth-order valence-electron chi connectivity index (χ4n) is 2.47. The number of phenols is 1. The minimum atomic E-state index is -0.694. The Kier molecular flexibility index (Phi) is 5.46. The van der Waals surface area contributed by atoms with Gasteiger partial charge in [0, 0.05) is 18.7 Å². The highest BCUT2D eigenvalue weighted by Crippen LogP contribution is 2.30. The number of rotatable bonds is 5. The molecule has 22 heavy (non-hydrogen) atoms. The molecule has 0 saturated carbocycles. The van der Waals surface area contributed by atoms with Crippen LogP contribution in [0.3, 0.4) is 0 Å². The van der Waals surface area contributed by atoms with Crippen LogP contribution in [0.15, 0.2) is 29.3 Å². The molecule has 0 radical (unpaired) electrons. The maximum atomic E-state index is 12.3. The van der Waals surface area contributed by atoms with Crippen molar-refractivity contribution in [3.63, 3.8) is 0 Å². The van der Waals surface area contributed by atoms with E-state index in [4.69, 9.17) is 17.0 Å². The Morgan fingerprint density at radius 2 is 2.27 bits per heavy atom. The molecule has 1 aliphatic heterocycles. The number of esters is 1. The highest BCUT2D eigenvalue weighted by atomic mass is 32.1. The summed E-state index contributed by atoms with van der Waals surface area (Å²) in [6.45, 7) is 1.84. The van der Waals surface area contributed by atoms with Crippen LogP contribution in [0.1, 0.15) is 24.9 Å². The summed E-state index contributed by atoms with van der Waals surface area (Å²) in [6.07, 6.45) is 0.237. The van der Waals surface area contributed by atoms with E-state index in [1.165, 1.54) is 0 Å². The largest absolute Gasteiger partial charge is 0.508 e. The molecule has 1 heterocycles. The van der Waals surface area contributed by atoms with Crippen molar-refractivity contribution in [2.45, 2.75) is 19.4 Å². The Bertz CT molecular complexity index is 603. The van der Waals surface area contributed by atoms with E-state index in [1.54, 1.807) is 31.2 Å². The van der Waals surface area contributed by atoms with Crippen molar-refractivity contribution in [1.29, 1.82) is 0 Å². The molecule has 0 bridgehead atoms. The normalized spacial score (nSPS) is 21.0. The molecule has 0 aliphatic carbocycles. The maximum absolute atomic E-state index is 12.3. The molecule has 1 aromatic rings. The van der Waals surface area contributed by atoms with E-state index in [-0.39, 0.29) is 30.5 Å². The first-order chi connectivity index (χ1) is 10.6. The van der Waals surface area contributed by atoms with Gasteiger partial charge in [-0.15, -0.1) is 0 Å². The first kappa shape index (κ1) is 16.4. The number of aliphatic imine (C=N–C) groups is 1. The zero-order chi connectivity index (χ0) is 16.1. The summed E-state index contributed by atoms with van der Waals surface area (Å²) in [4.78, 5) is 16.5. The second kappa shape index (κ2) is 7.33. The summed E-state index contributed by atoms with van der Waals surface area (Å²) < 4.78 is 5.13. The van der Waals surface area contributed by atoms with Crippen molar-refractivity contribution < 1.29 is 19.7 Å². The van der Waals surface area contributed by atoms with Gasteiger partial charge in [0.2, 0.25) is 0 Å². The number of carbonyl (C=O) groups excluding carboxylic acids is 1. The SMILES string of the molecule is CCOC(=O)C1C(CCO)=NC(=S)NC1c1cccc(O)c1. The summed E-state index contributed by atoms with van der Waals surface area (Å²) >= 11 is 5.12. The van der Waals surface area contributed by atoms with Gasteiger partial charge in [0.25, 0.3) is 0 Å². The van der Waals surface area contributed by atoms with Crippen molar-refractivity contribution >= 4 is 29.0 Å². The fraction of sp³-hybridized carbons (Fsp3) is 0.400. The van der Waals surface area contributed by atoms with E-state index in [0.717, 1.165) is 0 Å². The lowest BCUT2D eigenvalue weighted by atomic mass is 9.86. The van der Waals surface area contributed by atoms with Gasteiger partial charge in [-0.05, 0) is 36.8 Å². The first-order valence-electron chi connectivity index (χ1n) is 7.01. The van der Waals surface area contributed by atoms with Crippen molar-refractivity contribution in [2.75, 3.05) is 13.2 Å². The molecule has 0 saturated heterocycles. The van der Waals surface area contributed by atoms with Crippen LogP contribution >= 0.6 is 12.2 Å². The van der Waals surface area contributed by atoms with Gasteiger partial charge < -0.3 is 20.3 Å². The summed E-state index contributed by atoms with van der Waals surface area (Å²) in [5.74, 6) is -1.03. The van der Waals surface area contributed by atoms with Crippen LogP contribution in [-0.2, 0) is 9.53 Å². The third kappa shape index (κ3) is 3.61. The number of hydrogen-bond acceptors (Lipinski definition) is 5. The van der Waals surface area contributed by atoms with Gasteiger partial charge in [0.05, 0.1) is 12.6 Å². The Morgan fingerprint density at radius 3 is 2.91 bits per heavy atom. The average Bonchev–Trinajstić information content (AvgIpc) is 2.47. The van der Waals surface area contributed by atoms with E-state index in [1.807, 2.05) is 0 Å². The number of ether oxygens (including phenoxy) is 1. The second-order valence-electron chi connectivity index (χ2n) is 4.83. The molecule has 0 aromatic heterocycles. The second-order valence-corrected chi connectivity index (χ2v) is 5.22. The number of carbonyl (C=O) groups is 1. The molecule has 0 spiro atoms.